The summed E-state index contributed by atoms with van der Waals surface area (Å²) in [6.45, 7) is 1.18. The van der Waals surface area contributed by atoms with E-state index in [1.54, 1.807) is 0 Å². The Balaban J connectivity index is 0. The molecule has 9 heavy (non-hydrogen) atoms. The molecule has 0 bridgehead atoms. The van der Waals surface area contributed by atoms with Gasteiger partial charge in [-0.05, 0) is 5.60 Å². The van der Waals surface area contributed by atoms with Crippen molar-refractivity contribution in [1.82, 2.24) is 0 Å². The number of rotatable bonds is 0. The van der Waals surface area contributed by atoms with Gasteiger partial charge in [-0.25, -0.2) is 0 Å². The molecule has 0 saturated heterocycles. The molecule has 0 spiro atoms. The predicted octanol–water partition coefficient (Wildman–Crippen LogP) is -2.31. The van der Waals surface area contributed by atoms with Gasteiger partial charge in [-0.3, -0.25) is 0 Å². The average Bonchev–Trinajstić information content (AvgIpc) is 1.25. The average molecular weight is 150 g/mol. The van der Waals surface area contributed by atoms with Gasteiger partial charge < -0.3 is 5.11 Å². The first-order chi connectivity index (χ1) is 3.25. The van der Waals surface area contributed by atoms with E-state index < -0.39 is 11.8 Å². The van der Waals surface area contributed by atoms with Crippen LogP contribution in [-0.4, -0.2) is 11.8 Å². The van der Waals surface area contributed by atoms with Crippen LogP contribution in [0.5, 0.6) is 0 Å². The fraction of sp³-hybridized carbons (Fsp3) is 1.00. The first-order valence-corrected chi connectivity index (χ1v) is 2.02. The van der Waals surface area contributed by atoms with Crippen LogP contribution in [0.1, 0.15) is 13.8 Å². The molecular weight excluding hydrogens is 144 g/mol. The Hall–Kier alpha value is 0.750. The van der Waals surface area contributed by atoms with Crippen LogP contribution in [0.15, 0.2) is 0 Å². The Bertz CT molecular complexity index is 70.8. The van der Waals surface area contributed by atoms with Crippen molar-refractivity contribution in [3.63, 3.8) is 0 Å². The van der Waals surface area contributed by atoms with Crippen LogP contribution < -0.4 is 34.7 Å². The third-order valence-corrected chi connectivity index (χ3v) is 0.683. The van der Waals surface area contributed by atoms with Crippen molar-refractivity contribution in [1.29, 1.82) is 0 Å². The molecule has 5 heteroatoms. The third kappa shape index (κ3) is 4.19. The topological polar surface area (TPSA) is 23.1 Å². The standard InChI is InChI=1S/C4H6F3O.Na/c1-3(2,8)4(5,6)7;/h1-2H3;/q-1;+1. The van der Waals surface area contributed by atoms with E-state index in [1.807, 2.05) is 0 Å². The minimum atomic E-state index is -4.62. The van der Waals surface area contributed by atoms with Crippen LogP contribution in [0.3, 0.4) is 0 Å². The Morgan fingerprint density at radius 3 is 1.22 bits per heavy atom. The maximum atomic E-state index is 11.2. The molecule has 0 radical (unpaired) electrons. The molecule has 0 atom stereocenters. The first kappa shape index (κ1) is 12.4. The van der Waals surface area contributed by atoms with Gasteiger partial charge in [0.2, 0.25) is 0 Å². The fourth-order valence-corrected chi connectivity index (χ4v) is 0. The monoisotopic (exact) mass is 150 g/mol. The number of hydrogen-bond acceptors (Lipinski definition) is 1. The van der Waals surface area contributed by atoms with Crippen molar-refractivity contribution in [2.75, 3.05) is 0 Å². The van der Waals surface area contributed by atoms with E-state index in [2.05, 4.69) is 0 Å². The number of alkyl halides is 3. The second-order valence-corrected chi connectivity index (χ2v) is 2.01. The summed E-state index contributed by atoms with van der Waals surface area (Å²) in [6, 6.07) is 0. The molecule has 0 unspecified atom stereocenters. The summed E-state index contributed by atoms with van der Waals surface area (Å²) in [5.41, 5.74) is -2.81. The van der Waals surface area contributed by atoms with E-state index in [0.29, 0.717) is 13.8 Å². The van der Waals surface area contributed by atoms with E-state index in [9.17, 15) is 18.3 Å². The van der Waals surface area contributed by atoms with Crippen molar-refractivity contribution in [2.45, 2.75) is 25.6 Å². The Morgan fingerprint density at radius 1 is 1.11 bits per heavy atom. The molecular formula is C4H6F3NaO. The van der Waals surface area contributed by atoms with Crippen LogP contribution >= 0.6 is 0 Å². The molecule has 0 aliphatic carbocycles. The van der Waals surface area contributed by atoms with Crippen molar-refractivity contribution in [3.05, 3.63) is 0 Å². The maximum absolute atomic E-state index is 11.2. The van der Waals surface area contributed by atoms with Gasteiger partial charge in [0, 0.05) is 0 Å². The zero-order valence-corrected chi connectivity index (χ0v) is 7.54. The normalized spacial score (nSPS) is 12.7. The van der Waals surface area contributed by atoms with E-state index in [1.165, 1.54) is 0 Å². The largest absolute Gasteiger partial charge is 1.00 e. The van der Waals surface area contributed by atoms with Crippen LogP contribution in [0.4, 0.5) is 13.2 Å². The second-order valence-electron chi connectivity index (χ2n) is 2.01. The summed E-state index contributed by atoms with van der Waals surface area (Å²) in [6.07, 6.45) is -4.62. The summed E-state index contributed by atoms with van der Waals surface area (Å²) in [4.78, 5) is 0. The van der Waals surface area contributed by atoms with Crippen molar-refractivity contribution < 1.29 is 47.8 Å². The van der Waals surface area contributed by atoms with Crippen molar-refractivity contribution in [2.24, 2.45) is 0 Å². The summed E-state index contributed by atoms with van der Waals surface area (Å²) >= 11 is 0. The molecule has 0 aromatic rings. The molecule has 0 N–H and O–H groups in total. The van der Waals surface area contributed by atoms with Crippen LogP contribution in [0.2, 0.25) is 0 Å². The number of halogens is 3. The molecule has 1 nitrogen and oxygen atoms in total. The zero-order chi connectivity index (χ0) is 7.00. The molecule has 0 amide bonds. The first-order valence-electron chi connectivity index (χ1n) is 2.02. The van der Waals surface area contributed by atoms with Gasteiger partial charge in [0.15, 0.2) is 0 Å². The summed E-state index contributed by atoms with van der Waals surface area (Å²) < 4.78 is 33.8. The van der Waals surface area contributed by atoms with Gasteiger partial charge in [0.05, 0.1) is 0 Å². The number of hydrogen-bond donors (Lipinski definition) is 0. The van der Waals surface area contributed by atoms with Gasteiger partial charge in [-0.1, -0.05) is 13.8 Å². The van der Waals surface area contributed by atoms with Crippen LogP contribution in [0.25, 0.3) is 0 Å². The van der Waals surface area contributed by atoms with E-state index >= 15 is 0 Å². The molecule has 0 fully saturated rings. The van der Waals surface area contributed by atoms with Crippen molar-refractivity contribution >= 4 is 0 Å². The van der Waals surface area contributed by atoms with E-state index in [0.717, 1.165) is 0 Å². The Kier molecular flexibility index (Phi) is 4.46. The fourth-order valence-electron chi connectivity index (χ4n) is 0. The molecule has 0 aliphatic rings. The van der Waals surface area contributed by atoms with E-state index in [4.69, 9.17) is 0 Å². The summed E-state index contributed by atoms with van der Waals surface area (Å²) in [7, 11) is 0. The van der Waals surface area contributed by atoms with Gasteiger partial charge in [0.1, 0.15) is 0 Å². The quantitative estimate of drug-likeness (QED) is 0.356. The van der Waals surface area contributed by atoms with Gasteiger partial charge in [0.25, 0.3) is 0 Å². The molecule has 0 heterocycles. The zero-order valence-electron chi connectivity index (χ0n) is 5.54. The van der Waals surface area contributed by atoms with Crippen molar-refractivity contribution in [3.8, 4) is 0 Å². The van der Waals surface area contributed by atoms with Crippen LogP contribution in [0, 0.1) is 0 Å². The molecule has 0 rings (SSSR count). The molecule has 0 aromatic heterocycles. The minimum absolute atomic E-state index is 0. The van der Waals surface area contributed by atoms with Gasteiger partial charge >= 0.3 is 35.7 Å². The van der Waals surface area contributed by atoms with Gasteiger partial charge in [-0.15, -0.1) is 0 Å². The minimum Gasteiger partial charge on any atom is -0.843 e. The Morgan fingerprint density at radius 2 is 1.22 bits per heavy atom. The molecule has 0 aliphatic heterocycles. The molecule has 0 aromatic carbocycles. The Labute approximate surface area is 73.5 Å². The molecule has 50 valence electrons. The predicted molar refractivity (Wildman–Crippen MR) is 20.1 cm³/mol. The molecule has 0 saturated carbocycles. The smallest absolute Gasteiger partial charge is 0.843 e. The third-order valence-electron chi connectivity index (χ3n) is 0.683. The van der Waals surface area contributed by atoms with E-state index in [-0.39, 0.29) is 29.6 Å². The second kappa shape index (κ2) is 3.23. The van der Waals surface area contributed by atoms with Crippen LogP contribution in [-0.2, 0) is 0 Å². The summed E-state index contributed by atoms with van der Waals surface area (Å²) in [5, 5.41) is 10.0. The summed E-state index contributed by atoms with van der Waals surface area (Å²) in [5.74, 6) is 0. The SMILES string of the molecule is CC(C)([O-])C(F)(F)F.[Na+]. The van der Waals surface area contributed by atoms with Gasteiger partial charge in [-0.2, -0.15) is 13.2 Å². The maximum Gasteiger partial charge on any atom is 1.00 e.